The van der Waals surface area contributed by atoms with Gasteiger partial charge in [0.2, 0.25) is 0 Å². The van der Waals surface area contributed by atoms with Crippen LogP contribution in [-0.2, 0) is 0 Å². The molecule has 2 aromatic heterocycles. The number of rotatable bonds is 5. The molecule has 1 N–H and O–H groups in total. The SMILES string of the molecule is CCC(Nc1ccccn1)n1ncc2c(C=O)cccc21. The number of nitrogens with one attached hydrogen (secondary N) is 1. The van der Waals surface area contributed by atoms with Gasteiger partial charge in [-0.15, -0.1) is 0 Å². The average molecular weight is 280 g/mol. The Hall–Kier alpha value is -2.69. The molecule has 0 bridgehead atoms. The first-order valence-electron chi connectivity index (χ1n) is 6.92. The van der Waals surface area contributed by atoms with E-state index in [1.807, 2.05) is 35.0 Å². The summed E-state index contributed by atoms with van der Waals surface area (Å²) >= 11 is 0. The van der Waals surface area contributed by atoms with Crippen LogP contribution in [0.3, 0.4) is 0 Å². The van der Waals surface area contributed by atoms with Crippen molar-refractivity contribution >= 4 is 23.0 Å². The molecule has 1 aromatic carbocycles. The Balaban J connectivity index is 1.99. The second-order valence-corrected chi connectivity index (χ2v) is 4.77. The zero-order valence-corrected chi connectivity index (χ0v) is 11.7. The zero-order chi connectivity index (χ0) is 14.7. The van der Waals surface area contributed by atoms with Crippen LogP contribution in [0, 0.1) is 0 Å². The van der Waals surface area contributed by atoms with Gasteiger partial charge in [0.15, 0.2) is 6.29 Å². The van der Waals surface area contributed by atoms with Gasteiger partial charge in [-0.2, -0.15) is 5.10 Å². The van der Waals surface area contributed by atoms with Crippen LogP contribution in [0.4, 0.5) is 5.82 Å². The highest BCUT2D eigenvalue weighted by atomic mass is 16.1. The fourth-order valence-electron chi connectivity index (χ4n) is 2.40. The van der Waals surface area contributed by atoms with Gasteiger partial charge in [-0.25, -0.2) is 9.67 Å². The number of carbonyl (C=O) groups is 1. The monoisotopic (exact) mass is 280 g/mol. The molecule has 3 rings (SSSR count). The lowest BCUT2D eigenvalue weighted by Crippen LogP contribution is -2.19. The third-order valence-corrected chi connectivity index (χ3v) is 3.46. The molecule has 106 valence electrons. The van der Waals surface area contributed by atoms with E-state index in [2.05, 4.69) is 22.3 Å². The third kappa shape index (κ3) is 2.50. The Labute approximate surface area is 122 Å². The molecule has 0 fully saturated rings. The van der Waals surface area contributed by atoms with Crippen LogP contribution in [0.25, 0.3) is 10.9 Å². The summed E-state index contributed by atoms with van der Waals surface area (Å²) in [5, 5.41) is 8.67. The van der Waals surface area contributed by atoms with Crippen molar-refractivity contribution in [2.24, 2.45) is 0 Å². The van der Waals surface area contributed by atoms with E-state index in [9.17, 15) is 4.79 Å². The summed E-state index contributed by atoms with van der Waals surface area (Å²) in [6.07, 6.45) is 5.18. The number of anilines is 1. The van der Waals surface area contributed by atoms with E-state index in [4.69, 9.17) is 0 Å². The first-order valence-corrected chi connectivity index (χ1v) is 6.92. The van der Waals surface area contributed by atoms with Gasteiger partial charge >= 0.3 is 0 Å². The maximum absolute atomic E-state index is 11.1. The number of benzene rings is 1. The minimum atomic E-state index is -0.0145. The fraction of sp³-hybridized carbons (Fsp3) is 0.188. The van der Waals surface area contributed by atoms with Crippen LogP contribution >= 0.6 is 0 Å². The third-order valence-electron chi connectivity index (χ3n) is 3.46. The molecule has 0 aliphatic carbocycles. The largest absolute Gasteiger partial charge is 0.348 e. The van der Waals surface area contributed by atoms with Crippen LogP contribution in [-0.4, -0.2) is 21.1 Å². The van der Waals surface area contributed by atoms with Crippen molar-refractivity contribution in [1.82, 2.24) is 14.8 Å². The standard InChI is InChI=1S/C16H16N4O/c1-2-16(19-15-8-3-4-9-17-15)20-14-7-5-6-12(11-21)13(14)10-18-20/h3-11,16H,2H2,1H3,(H,17,19). The fourth-order valence-corrected chi connectivity index (χ4v) is 2.40. The van der Waals surface area contributed by atoms with Crippen LogP contribution in [0.1, 0.15) is 29.9 Å². The normalized spacial score (nSPS) is 12.2. The van der Waals surface area contributed by atoms with E-state index in [-0.39, 0.29) is 6.17 Å². The van der Waals surface area contributed by atoms with Crippen LogP contribution in [0.2, 0.25) is 0 Å². The van der Waals surface area contributed by atoms with E-state index in [1.165, 1.54) is 0 Å². The highest BCUT2D eigenvalue weighted by molar-refractivity contribution is 5.96. The van der Waals surface area contributed by atoms with Crippen LogP contribution in [0.5, 0.6) is 0 Å². The molecule has 0 saturated carbocycles. The number of fused-ring (bicyclic) bond motifs is 1. The Morgan fingerprint density at radius 3 is 2.90 bits per heavy atom. The number of nitrogens with zero attached hydrogens (tertiary/aromatic N) is 3. The summed E-state index contributed by atoms with van der Waals surface area (Å²) in [4.78, 5) is 15.4. The van der Waals surface area contributed by atoms with Crippen molar-refractivity contribution in [2.75, 3.05) is 5.32 Å². The predicted octanol–water partition coefficient (Wildman–Crippen LogP) is 3.26. The molecule has 3 aromatic rings. The van der Waals surface area contributed by atoms with E-state index in [1.54, 1.807) is 18.5 Å². The first kappa shape index (κ1) is 13.3. The minimum absolute atomic E-state index is 0.0145. The highest BCUT2D eigenvalue weighted by Crippen LogP contribution is 2.23. The van der Waals surface area contributed by atoms with Gasteiger partial charge in [0.25, 0.3) is 0 Å². The lowest BCUT2D eigenvalue weighted by Gasteiger charge is -2.19. The average Bonchev–Trinajstić information content (AvgIpc) is 2.97. The lowest BCUT2D eigenvalue weighted by atomic mass is 10.1. The summed E-state index contributed by atoms with van der Waals surface area (Å²) in [6.45, 7) is 2.08. The molecule has 1 unspecified atom stereocenters. The van der Waals surface area contributed by atoms with Crippen molar-refractivity contribution in [3.63, 3.8) is 0 Å². The van der Waals surface area contributed by atoms with E-state index in [0.717, 1.165) is 29.4 Å². The molecule has 0 saturated heterocycles. The molecule has 0 radical (unpaired) electrons. The molecule has 21 heavy (non-hydrogen) atoms. The van der Waals surface area contributed by atoms with Gasteiger partial charge in [-0.1, -0.05) is 25.1 Å². The second-order valence-electron chi connectivity index (χ2n) is 4.77. The predicted molar refractivity (Wildman–Crippen MR) is 82.3 cm³/mol. The van der Waals surface area contributed by atoms with Crippen molar-refractivity contribution < 1.29 is 4.79 Å². The number of pyridine rings is 1. The molecule has 5 nitrogen and oxygen atoms in total. The smallest absolute Gasteiger partial charge is 0.150 e. The summed E-state index contributed by atoms with van der Waals surface area (Å²) in [6, 6.07) is 11.4. The van der Waals surface area contributed by atoms with Gasteiger partial charge in [-0.3, -0.25) is 4.79 Å². The Morgan fingerprint density at radius 2 is 2.19 bits per heavy atom. The zero-order valence-electron chi connectivity index (χ0n) is 11.7. The highest BCUT2D eigenvalue weighted by Gasteiger charge is 2.14. The Kier molecular flexibility index (Phi) is 3.64. The minimum Gasteiger partial charge on any atom is -0.348 e. The maximum Gasteiger partial charge on any atom is 0.150 e. The maximum atomic E-state index is 11.1. The summed E-state index contributed by atoms with van der Waals surface area (Å²) in [5.41, 5.74) is 1.60. The molecule has 0 aliphatic heterocycles. The molecular weight excluding hydrogens is 264 g/mol. The number of hydrogen-bond donors (Lipinski definition) is 1. The van der Waals surface area contributed by atoms with Gasteiger partial charge in [0.1, 0.15) is 12.0 Å². The topological polar surface area (TPSA) is 59.8 Å². The molecule has 0 spiro atoms. The Bertz CT molecular complexity index is 751. The van der Waals surface area contributed by atoms with E-state index < -0.39 is 0 Å². The van der Waals surface area contributed by atoms with E-state index >= 15 is 0 Å². The van der Waals surface area contributed by atoms with Gasteiger partial charge in [-0.05, 0) is 24.6 Å². The molecule has 0 aliphatic rings. The number of carbonyl (C=O) groups excluding carboxylic acids is 1. The van der Waals surface area contributed by atoms with Crippen LogP contribution < -0.4 is 5.32 Å². The van der Waals surface area contributed by atoms with Crippen LogP contribution in [0.15, 0.2) is 48.8 Å². The molecular formula is C16H16N4O. The summed E-state index contributed by atoms with van der Waals surface area (Å²) in [7, 11) is 0. The van der Waals surface area contributed by atoms with Gasteiger partial charge in [0, 0.05) is 17.1 Å². The summed E-state index contributed by atoms with van der Waals surface area (Å²) < 4.78 is 1.90. The lowest BCUT2D eigenvalue weighted by molar-refractivity contribution is 0.112. The number of aldehydes is 1. The first-order chi connectivity index (χ1) is 10.3. The van der Waals surface area contributed by atoms with E-state index in [0.29, 0.717) is 5.56 Å². The number of hydrogen-bond acceptors (Lipinski definition) is 4. The van der Waals surface area contributed by atoms with Gasteiger partial charge < -0.3 is 5.32 Å². The second kappa shape index (κ2) is 5.75. The van der Waals surface area contributed by atoms with Crippen molar-refractivity contribution in [1.29, 1.82) is 0 Å². The van der Waals surface area contributed by atoms with Gasteiger partial charge in [0.05, 0.1) is 11.7 Å². The summed E-state index contributed by atoms with van der Waals surface area (Å²) in [5.74, 6) is 0.805. The molecule has 5 heteroatoms. The van der Waals surface area contributed by atoms with Crippen molar-refractivity contribution in [3.05, 3.63) is 54.4 Å². The quantitative estimate of drug-likeness (QED) is 0.729. The van der Waals surface area contributed by atoms with Crippen molar-refractivity contribution in [2.45, 2.75) is 19.5 Å². The molecule has 2 heterocycles. The number of aromatic nitrogens is 3. The molecule has 1 atom stereocenters. The Morgan fingerprint density at radius 1 is 1.29 bits per heavy atom. The molecule has 0 amide bonds. The van der Waals surface area contributed by atoms with Crippen molar-refractivity contribution in [3.8, 4) is 0 Å².